The third-order valence-electron chi connectivity index (χ3n) is 14.4. The van der Waals surface area contributed by atoms with Crippen LogP contribution in [-0.4, -0.2) is 22.6 Å². The molecule has 3 fully saturated rings. The molecule has 0 saturated heterocycles. The number of allylic oxidation sites excluding steroid dienone is 5. The molecule has 0 aromatic heterocycles. The van der Waals surface area contributed by atoms with Gasteiger partial charge in [-0.25, -0.2) is 0 Å². The van der Waals surface area contributed by atoms with Crippen LogP contribution >= 0.6 is 0 Å². The van der Waals surface area contributed by atoms with Crippen molar-refractivity contribution < 1.29 is 15.0 Å². The van der Waals surface area contributed by atoms with Gasteiger partial charge < -0.3 is 10.2 Å². The molecule has 3 heteroatoms. The Morgan fingerprint density at radius 3 is 2.26 bits per heavy atom. The maximum Gasteiger partial charge on any atom is 0.159 e. The van der Waals surface area contributed by atoms with E-state index in [1.165, 1.54) is 19.3 Å². The molecule has 3 nitrogen and oxygen atoms in total. The molecule has 0 heterocycles. The smallest absolute Gasteiger partial charge is 0.159 e. The van der Waals surface area contributed by atoms with Crippen LogP contribution in [0.15, 0.2) is 53.6 Å². The summed E-state index contributed by atoms with van der Waals surface area (Å²) in [5.41, 5.74) is 4.89. The van der Waals surface area contributed by atoms with Crippen molar-refractivity contribution in [3.8, 4) is 5.75 Å². The van der Waals surface area contributed by atoms with Gasteiger partial charge >= 0.3 is 0 Å². The maximum absolute atomic E-state index is 13.7. The molecule has 0 amide bonds. The number of ketones is 1. The average molecular weight is 571 g/mol. The first-order chi connectivity index (χ1) is 19.6. The number of aliphatic hydroxyl groups excluding tert-OH is 1. The summed E-state index contributed by atoms with van der Waals surface area (Å²) >= 11 is 0. The van der Waals surface area contributed by atoms with E-state index in [0.717, 1.165) is 44.1 Å². The predicted molar refractivity (Wildman–Crippen MR) is 172 cm³/mol. The fourth-order valence-corrected chi connectivity index (χ4v) is 11.2. The lowest BCUT2D eigenvalue weighted by Gasteiger charge is -2.69. The number of rotatable bonds is 4. The summed E-state index contributed by atoms with van der Waals surface area (Å²) in [4.78, 5) is 13.7. The fourth-order valence-electron chi connectivity index (χ4n) is 11.2. The molecule has 0 bridgehead atoms. The molecule has 6 rings (SSSR count). The van der Waals surface area contributed by atoms with Crippen molar-refractivity contribution in [2.45, 2.75) is 106 Å². The van der Waals surface area contributed by atoms with E-state index in [2.05, 4.69) is 60.6 Å². The van der Waals surface area contributed by atoms with E-state index in [0.29, 0.717) is 23.9 Å². The van der Waals surface area contributed by atoms with Gasteiger partial charge in [0.25, 0.3) is 0 Å². The van der Waals surface area contributed by atoms with Crippen LogP contribution in [0, 0.1) is 50.2 Å². The highest BCUT2D eigenvalue weighted by atomic mass is 16.3. The number of fused-ring (bicyclic) bond motifs is 7. The normalized spacial score (nSPS) is 44.2. The maximum atomic E-state index is 13.7. The van der Waals surface area contributed by atoms with Crippen molar-refractivity contribution >= 4 is 11.9 Å². The number of aromatic hydroxyl groups is 1. The molecule has 0 spiro atoms. The van der Waals surface area contributed by atoms with Crippen LogP contribution < -0.4 is 0 Å². The fraction of sp³-hybridized carbons (Fsp3) is 0.667. The second-order valence-corrected chi connectivity index (χ2v) is 17.0. The number of phenols is 1. The van der Waals surface area contributed by atoms with Crippen molar-refractivity contribution in [3.05, 3.63) is 59.2 Å². The van der Waals surface area contributed by atoms with Crippen molar-refractivity contribution in [1.82, 2.24) is 0 Å². The van der Waals surface area contributed by atoms with Crippen LogP contribution in [0.25, 0.3) is 6.08 Å². The van der Waals surface area contributed by atoms with E-state index in [4.69, 9.17) is 0 Å². The zero-order chi connectivity index (χ0) is 30.3. The monoisotopic (exact) mass is 570 g/mol. The molecule has 8 atom stereocenters. The molecule has 0 aliphatic heterocycles. The lowest BCUT2D eigenvalue weighted by molar-refractivity contribution is -0.149. The number of benzene rings is 1. The summed E-state index contributed by atoms with van der Waals surface area (Å²) in [5.74, 6) is 1.53. The molecular weight excluding hydrogens is 516 g/mol. The first-order valence-corrected chi connectivity index (χ1v) is 16.7. The van der Waals surface area contributed by atoms with E-state index in [9.17, 15) is 15.0 Å². The van der Waals surface area contributed by atoms with Gasteiger partial charge in [-0.2, -0.15) is 0 Å². The highest BCUT2D eigenvalue weighted by Gasteiger charge is 2.66. The quantitative estimate of drug-likeness (QED) is 0.355. The Labute approximate surface area is 254 Å². The number of carbonyl (C=O) groups is 1. The zero-order valence-corrected chi connectivity index (χ0v) is 27.2. The molecule has 3 saturated carbocycles. The molecule has 0 unspecified atom stereocenters. The number of hydrogen-bond donors (Lipinski definition) is 2. The first kappa shape index (κ1) is 29.9. The van der Waals surface area contributed by atoms with Crippen LogP contribution in [0.2, 0.25) is 0 Å². The lowest BCUT2D eigenvalue weighted by atomic mass is 9.35. The van der Waals surface area contributed by atoms with Crippen molar-refractivity contribution in [2.24, 2.45) is 50.2 Å². The van der Waals surface area contributed by atoms with Gasteiger partial charge in [0.2, 0.25) is 0 Å². The SMILES string of the molecule is CC1(C)[C@@H](C(=O)/C=C/c2ccc(O)cc2)CC[C@]2(C)C3=CC[C@@]4(C)[C@@H]5C[C@](C)(CO)CC[C@]5(C)CC[C@]4(C)C3=CC[C@@H]12. The average Bonchev–Trinajstić information content (AvgIpc) is 2.94. The van der Waals surface area contributed by atoms with Crippen LogP contribution in [0.4, 0.5) is 0 Å². The molecule has 0 radical (unpaired) electrons. The Balaban J connectivity index is 1.30. The molecule has 1 aromatic carbocycles. The first-order valence-electron chi connectivity index (χ1n) is 16.7. The second-order valence-electron chi connectivity index (χ2n) is 17.0. The zero-order valence-electron chi connectivity index (χ0n) is 27.2. The van der Waals surface area contributed by atoms with Gasteiger partial charge in [-0.3, -0.25) is 4.79 Å². The van der Waals surface area contributed by atoms with Gasteiger partial charge in [0.05, 0.1) is 0 Å². The topological polar surface area (TPSA) is 57.5 Å². The van der Waals surface area contributed by atoms with Gasteiger partial charge in [0, 0.05) is 12.5 Å². The standard InChI is InChI=1S/C39H54O3/c1-34(2)30(31(42)14-10-26-8-11-27(41)12-9-26)16-18-37(5)28-17-19-39(7)33-24-35(3,25-40)20-21-36(33,4)22-23-38(39,6)29(28)13-15-32(34)37/h8-14,17,30,32-33,40-41H,15-16,18-25H2,1-7H3/b14-10+/t30-,32+,33-,35-,36-,37-,38-,39+/m1/s1. The van der Waals surface area contributed by atoms with E-state index in [-0.39, 0.29) is 44.5 Å². The summed E-state index contributed by atoms with van der Waals surface area (Å²) < 4.78 is 0. The lowest BCUT2D eigenvalue weighted by Crippen LogP contribution is -2.61. The van der Waals surface area contributed by atoms with Crippen LogP contribution in [0.5, 0.6) is 5.75 Å². The van der Waals surface area contributed by atoms with E-state index < -0.39 is 0 Å². The largest absolute Gasteiger partial charge is 0.508 e. The Hall–Kier alpha value is -2.13. The number of hydrogen-bond acceptors (Lipinski definition) is 3. The van der Waals surface area contributed by atoms with Gasteiger partial charge in [-0.05, 0) is 137 Å². The number of carbonyl (C=O) groups excluding carboxylic acids is 1. The van der Waals surface area contributed by atoms with Gasteiger partial charge in [-0.15, -0.1) is 0 Å². The van der Waals surface area contributed by atoms with Crippen molar-refractivity contribution in [1.29, 1.82) is 0 Å². The summed E-state index contributed by atoms with van der Waals surface area (Å²) in [5, 5.41) is 20.0. The van der Waals surface area contributed by atoms with E-state index >= 15 is 0 Å². The minimum Gasteiger partial charge on any atom is -0.508 e. The third-order valence-corrected chi connectivity index (χ3v) is 14.4. The van der Waals surface area contributed by atoms with E-state index in [1.54, 1.807) is 29.4 Å². The van der Waals surface area contributed by atoms with Crippen LogP contribution in [0.3, 0.4) is 0 Å². The number of phenolic OH excluding ortho intramolecular Hbond substituents is 1. The van der Waals surface area contributed by atoms with Gasteiger partial charge in [0.1, 0.15) is 5.75 Å². The minimum absolute atomic E-state index is 0.0118. The number of aliphatic hydroxyl groups is 1. The molecule has 228 valence electrons. The Kier molecular flexibility index (Phi) is 6.90. The van der Waals surface area contributed by atoms with Crippen LogP contribution in [0.1, 0.15) is 112 Å². The minimum atomic E-state index is -0.106. The third kappa shape index (κ3) is 4.19. The summed E-state index contributed by atoms with van der Waals surface area (Å²) in [6, 6.07) is 7.04. The van der Waals surface area contributed by atoms with Crippen LogP contribution in [-0.2, 0) is 4.79 Å². The van der Waals surface area contributed by atoms with Crippen molar-refractivity contribution in [3.63, 3.8) is 0 Å². The summed E-state index contributed by atoms with van der Waals surface area (Å²) in [6.45, 7) is 17.6. The predicted octanol–water partition coefficient (Wildman–Crippen LogP) is 9.30. The Morgan fingerprint density at radius 2 is 1.57 bits per heavy atom. The molecule has 1 aromatic rings. The van der Waals surface area contributed by atoms with E-state index in [1.807, 2.05) is 18.2 Å². The highest BCUT2D eigenvalue weighted by molar-refractivity contribution is 5.96. The van der Waals surface area contributed by atoms with Crippen molar-refractivity contribution in [2.75, 3.05) is 6.61 Å². The summed E-state index contributed by atoms with van der Waals surface area (Å²) in [6.07, 6.45) is 19.2. The second kappa shape index (κ2) is 9.68. The van der Waals surface area contributed by atoms with Gasteiger partial charge in [0.15, 0.2) is 5.78 Å². The highest BCUT2D eigenvalue weighted by Crippen LogP contribution is 2.74. The van der Waals surface area contributed by atoms with Gasteiger partial charge in [-0.1, -0.05) is 78.8 Å². The Morgan fingerprint density at radius 1 is 0.881 bits per heavy atom. The Bertz CT molecular complexity index is 1350. The molecular formula is C39H54O3. The molecule has 5 aliphatic carbocycles. The molecule has 5 aliphatic rings. The molecule has 42 heavy (non-hydrogen) atoms. The summed E-state index contributed by atoms with van der Waals surface area (Å²) in [7, 11) is 0. The molecule has 2 N–H and O–H groups in total.